The van der Waals surface area contributed by atoms with Crippen LogP contribution >= 0.6 is 7.60 Å². The lowest BCUT2D eigenvalue weighted by Gasteiger charge is -2.39. The first-order chi connectivity index (χ1) is 26.1. The quantitative estimate of drug-likeness (QED) is 0.110. The fourth-order valence-corrected chi connectivity index (χ4v) is 8.03. The van der Waals surface area contributed by atoms with Gasteiger partial charge in [0.1, 0.15) is 17.6 Å². The fourth-order valence-electron chi connectivity index (χ4n) is 7.35. The van der Waals surface area contributed by atoms with Crippen molar-refractivity contribution in [3.63, 3.8) is 0 Å². The Bertz CT molecular complexity index is 2000. The minimum atomic E-state index is -4.40. The van der Waals surface area contributed by atoms with Crippen LogP contribution < -0.4 is 27.0 Å². The SMILES string of the molecule is NC(=O)C[C@@H]1NC(=O)C2(CCCCC2)NC(=O)[C@@H](CC(=O)O)C(c2ccc(CP(=O)(O)O)cc2)/C=C/C[C@@H](C(=O)NCc2cccc3ccccc23)NC1=O. The van der Waals surface area contributed by atoms with E-state index in [1.165, 1.54) is 12.1 Å². The Morgan fingerprint density at radius 1 is 0.873 bits per heavy atom. The highest BCUT2D eigenvalue weighted by Gasteiger charge is 2.45. The van der Waals surface area contributed by atoms with Crippen LogP contribution in [0.3, 0.4) is 0 Å². The van der Waals surface area contributed by atoms with E-state index >= 15 is 0 Å². The third kappa shape index (κ3) is 10.9. The standard InChI is InChI=1S/C39H46N5O10P/c40-33(45)21-32-37(50)42-31(36(49)41-22-27-10-6-9-25-8-2-3-11-28(25)27)13-7-12-29(26-16-14-24(15-17-26)23-55(52,53)54)30(20-34(46)47)35(48)44-39(38(51)43-32)18-4-1-5-19-39/h2-3,6-12,14-17,29-32H,1,4-5,13,18-23H2,(H2,40,45)(H,41,49)(H,42,50)(H,43,51)(H,44,48)(H,46,47)(H2,52,53,54)/b12-7+/t29?,30-,31-,32-/m0/s1. The Labute approximate surface area is 317 Å². The van der Waals surface area contributed by atoms with Crippen molar-refractivity contribution in [1.29, 1.82) is 0 Å². The maximum atomic E-state index is 14.3. The molecule has 1 fully saturated rings. The van der Waals surface area contributed by atoms with E-state index < -0.39 is 91.6 Å². The van der Waals surface area contributed by atoms with Crippen molar-refractivity contribution in [2.45, 2.75) is 87.6 Å². The summed E-state index contributed by atoms with van der Waals surface area (Å²) in [5.74, 6) is -7.36. The third-order valence-corrected chi connectivity index (χ3v) is 10.9. The minimum absolute atomic E-state index is 0.102. The lowest BCUT2D eigenvalue weighted by Crippen LogP contribution is -2.64. The molecule has 9 N–H and O–H groups in total. The van der Waals surface area contributed by atoms with Crippen LogP contribution in [0.25, 0.3) is 10.8 Å². The molecule has 4 atom stereocenters. The first kappa shape index (κ1) is 40.8. The van der Waals surface area contributed by atoms with E-state index in [4.69, 9.17) is 5.73 Å². The maximum Gasteiger partial charge on any atom is 0.329 e. The van der Waals surface area contributed by atoms with Gasteiger partial charge in [-0.1, -0.05) is 98.1 Å². The van der Waals surface area contributed by atoms with Crippen molar-refractivity contribution in [2.24, 2.45) is 11.7 Å². The Morgan fingerprint density at radius 2 is 1.56 bits per heavy atom. The van der Waals surface area contributed by atoms with Gasteiger partial charge in [0.25, 0.3) is 0 Å². The van der Waals surface area contributed by atoms with Crippen LogP contribution in [-0.2, 0) is 46.0 Å². The molecule has 1 unspecified atom stereocenters. The van der Waals surface area contributed by atoms with Gasteiger partial charge in [0.2, 0.25) is 29.5 Å². The number of carbonyl (C=O) groups excluding carboxylic acids is 5. The normalized spacial score (nSPS) is 22.8. The van der Waals surface area contributed by atoms with Crippen LogP contribution in [0.1, 0.15) is 74.0 Å². The molecule has 1 aliphatic heterocycles. The monoisotopic (exact) mass is 775 g/mol. The van der Waals surface area contributed by atoms with Gasteiger partial charge in [-0.15, -0.1) is 0 Å². The van der Waals surface area contributed by atoms with Crippen LogP contribution in [-0.4, -0.2) is 68.0 Å². The summed E-state index contributed by atoms with van der Waals surface area (Å²) in [6.45, 7) is 0.102. The number of hydrogen-bond acceptors (Lipinski definition) is 7. The second-order valence-corrected chi connectivity index (χ2v) is 15.8. The van der Waals surface area contributed by atoms with E-state index in [2.05, 4.69) is 21.3 Å². The van der Waals surface area contributed by atoms with E-state index in [1.807, 2.05) is 42.5 Å². The van der Waals surface area contributed by atoms with Crippen LogP contribution in [0.5, 0.6) is 0 Å². The predicted octanol–water partition coefficient (Wildman–Crippen LogP) is 2.63. The van der Waals surface area contributed by atoms with E-state index in [9.17, 15) is 48.2 Å². The lowest BCUT2D eigenvalue weighted by molar-refractivity contribution is -0.143. The van der Waals surface area contributed by atoms with Gasteiger partial charge in [0.15, 0.2) is 0 Å². The maximum absolute atomic E-state index is 14.3. The molecule has 0 radical (unpaired) electrons. The summed E-state index contributed by atoms with van der Waals surface area (Å²) < 4.78 is 11.7. The molecule has 55 heavy (non-hydrogen) atoms. The molecule has 5 rings (SSSR count). The molecule has 292 valence electrons. The molecule has 2 aliphatic rings. The summed E-state index contributed by atoms with van der Waals surface area (Å²) in [5.41, 5.74) is 5.50. The van der Waals surface area contributed by atoms with Crippen molar-refractivity contribution in [3.8, 4) is 0 Å². The summed E-state index contributed by atoms with van der Waals surface area (Å²) >= 11 is 0. The highest BCUT2D eigenvalue weighted by molar-refractivity contribution is 7.50. The summed E-state index contributed by atoms with van der Waals surface area (Å²) in [6.07, 6.45) is 3.35. The highest BCUT2D eigenvalue weighted by Crippen LogP contribution is 2.40. The molecule has 1 saturated carbocycles. The van der Waals surface area contributed by atoms with Gasteiger partial charge < -0.3 is 41.9 Å². The molecule has 1 aliphatic carbocycles. The number of fused-ring (bicyclic) bond motifs is 1. The average molecular weight is 776 g/mol. The highest BCUT2D eigenvalue weighted by atomic mass is 31.2. The molecule has 16 heteroatoms. The first-order valence-corrected chi connectivity index (χ1v) is 19.9. The largest absolute Gasteiger partial charge is 0.481 e. The van der Waals surface area contributed by atoms with Gasteiger partial charge in [0.05, 0.1) is 24.9 Å². The molecule has 5 amide bonds. The smallest absolute Gasteiger partial charge is 0.329 e. The van der Waals surface area contributed by atoms with Crippen LogP contribution in [0.4, 0.5) is 0 Å². The van der Waals surface area contributed by atoms with Crippen molar-refractivity contribution in [1.82, 2.24) is 21.3 Å². The number of nitrogens with two attached hydrogens (primary N) is 1. The zero-order chi connectivity index (χ0) is 39.8. The minimum Gasteiger partial charge on any atom is -0.481 e. The van der Waals surface area contributed by atoms with Gasteiger partial charge >= 0.3 is 13.6 Å². The number of hydrogen-bond donors (Lipinski definition) is 8. The van der Waals surface area contributed by atoms with Crippen molar-refractivity contribution in [2.75, 3.05) is 0 Å². The molecule has 0 aromatic heterocycles. The topological polar surface area (TPSA) is 254 Å². The van der Waals surface area contributed by atoms with Gasteiger partial charge in [-0.05, 0) is 46.7 Å². The van der Waals surface area contributed by atoms with E-state index in [-0.39, 0.29) is 25.8 Å². The van der Waals surface area contributed by atoms with Crippen molar-refractivity contribution in [3.05, 3.63) is 95.6 Å². The molecule has 15 nitrogen and oxygen atoms in total. The van der Waals surface area contributed by atoms with Gasteiger partial charge in [-0.3, -0.25) is 33.3 Å². The number of amides is 5. The predicted molar refractivity (Wildman–Crippen MR) is 202 cm³/mol. The average Bonchev–Trinajstić information content (AvgIpc) is 3.13. The zero-order valence-electron chi connectivity index (χ0n) is 30.1. The lowest BCUT2D eigenvalue weighted by atomic mass is 9.78. The van der Waals surface area contributed by atoms with Crippen LogP contribution in [0.15, 0.2) is 78.9 Å². The molecule has 3 aromatic carbocycles. The van der Waals surface area contributed by atoms with E-state index in [1.54, 1.807) is 24.3 Å². The number of aliphatic carboxylic acids is 1. The number of carboxylic acid groups (broad SMARTS) is 1. The number of nitrogens with one attached hydrogen (secondary N) is 4. The Kier molecular flexibility index (Phi) is 13.2. The summed E-state index contributed by atoms with van der Waals surface area (Å²) in [4.78, 5) is 99.5. The number of allylic oxidation sites excluding steroid dienone is 1. The number of carbonyl (C=O) groups is 6. The molecule has 0 saturated heterocycles. The summed E-state index contributed by atoms with van der Waals surface area (Å²) in [5, 5.41) is 22.9. The van der Waals surface area contributed by atoms with Crippen LogP contribution in [0, 0.1) is 5.92 Å². The van der Waals surface area contributed by atoms with Gasteiger partial charge in [-0.25, -0.2) is 0 Å². The fraction of sp³-hybridized carbons (Fsp3) is 0.385. The van der Waals surface area contributed by atoms with Crippen molar-refractivity contribution < 1.29 is 48.2 Å². The Hall–Kier alpha value is -5.37. The first-order valence-electron chi connectivity index (χ1n) is 18.1. The zero-order valence-corrected chi connectivity index (χ0v) is 31.0. The number of primary amides is 1. The molecule has 1 spiro atoms. The second-order valence-electron chi connectivity index (χ2n) is 14.2. The van der Waals surface area contributed by atoms with Gasteiger partial charge in [-0.2, -0.15) is 0 Å². The molecule has 1 heterocycles. The van der Waals surface area contributed by atoms with Gasteiger partial charge in [0, 0.05) is 12.5 Å². The molecular formula is C39H46N5O10P. The number of rotatable bonds is 10. The van der Waals surface area contributed by atoms with E-state index in [0.717, 1.165) is 22.8 Å². The van der Waals surface area contributed by atoms with E-state index in [0.29, 0.717) is 24.0 Å². The second kappa shape index (κ2) is 17.8. The Balaban J connectivity index is 1.55. The Morgan fingerprint density at radius 3 is 2.24 bits per heavy atom. The third-order valence-electron chi connectivity index (χ3n) is 10.1. The molecule has 3 aromatic rings. The summed E-state index contributed by atoms with van der Waals surface area (Å²) in [7, 11) is -4.40. The number of carboxylic acids is 1. The van der Waals surface area contributed by atoms with Crippen LogP contribution in [0.2, 0.25) is 0 Å². The summed E-state index contributed by atoms with van der Waals surface area (Å²) in [6, 6.07) is 16.6. The molecule has 0 bridgehead atoms. The van der Waals surface area contributed by atoms with Crippen molar-refractivity contribution >= 4 is 53.9 Å². The molecular weight excluding hydrogens is 729 g/mol. The number of benzene rings is 3.